The van der Waals surface area contributed by atoms with E-state index in [-0.39, 0.29) is 0 Å². The van der Waals surface area contributed by atoms with Gasteiger partial charge in [-0.25, -0.2) is 4.57 Å². The fraction of sp³-hybridized carbons (Fsp3) is 0.143. The molecule has 55 valence electrons. The highest BCUT2D eigenvalue weighted by Gasteiger charge is 2.05. The largest absolute Gasteiger partial charge is 0.306 e. The number of aryl methyl sites for hydroxylation is 1. The van der Waals surface area contributed by atoms with Crippen molar-refractivity contribution in [1.82, 2.24) is 9.67 Å². The summed E-state index contributed by atoms with van der Waals surface area (Å²) in [6.45, 7) is 0. The molecule has 2 aromatic rings. The third-order valence-corrected chi connectivity index (χ3v) is 1.83. The van der Waals surface area contributed by atoms with E-state index in [9.17, 15) is 0 Å². The molecule has 2 rings (SSSR count). The minimum atomic E-state index is 0.619. The van der Waals surface area contributed by atoms with Gasteiger partial charge in [0.25, 0.3) is 0 Å². The molecule has 0 bridgehead atoms. The van der Waals surface area contributed by atoms with Gasteiger partial charge in [0.15, 0.2) is 11.2 Å². The number of hydrogen-bond donors (Lipinski definition) is 0. The monoisotopic (exact) mass is 165 g/mol. The van der Waals surface area contributed by atoms with Crippen molar-refractivity contribution in [2.75, 3.05) is 0 Å². The molecule has 0 spiro atoms. The average molecular weight is 165 g/mol. The van der Waals surface area contributed by atoms with Gasteiger partial charge in [-0.3, -0.25) is 0 Å². The lowest BCUT2D eigenvalue weighted by atomic mass is 10.5. The van der Waals surface area contributed by atoms with E-state index in [1.165, 1.54) is 0 Å². The van der Waals surface area contributed by atoms with Crippen LogP contribution in [0.1, 0.15) is 0 Å². The van der Waals surface area contributed by atoms with E-state index < -0.39 is 0 Å². The first kappa shape index (κ1) is 6.54. The highest BCUT2D eigenvalue weighted by Crippen LogP contribution is 1.99. The van der Waals surface area contributed by atoms with Crippen LogP contribution in [0, 0.1) is 0 Å². The predicted octanol–water partition coefficient (Wildman–Crippen LogP) is 0.715. The van der Waals surface area contributed by atoms with E-state index >= 15 is 0 Å². The van der Waals surface area contributed by atoms with Crippen LogP contribution in [0.3, 0.4) is 0 Å². The van der Waals surface area contributed by atoms with Gasteiger partial charge in [-0.2, -0.15) is 0 Å². The van der Waals surface area contributed by atoms with E-state index in [0.29, 0.717) is 5.03 Å². The Labute approximate surface area is 69.7 Å². The first-order chi connectivity index (χ1) is 5.27. The van der Waals surface area contributed by atoms with E-state index in [2.05, 4.69) is 5.10 Å². The summed E-state index contributed by atoms with van der Waals surface area (Å²) in [4.78, 5) is 0. The van der Waals surface area contributed by atoms with Crippen molar-refractivity contribution in [3.63, 3.8) is 0 Å². The smallest absolute Gasteiger partial charge is 0.231 e. The average Bonchev–Trinajstić information content (AvgIpc) is 2.32. The van der Waals surface area contributed by atoms with Crippen molar-refractivity contribution in [2.24, 2.45) is 7.05 Å². The summed E-state index contributed by atoms with van der Waals surface area (Å²) in [5, 5.41) is 4.73. The molecular weight excluding hydrogens is 158 g/mol. The van der Waals surface area contributed by atoms with E-state index in [4.69, 9.17) is 12.6 Å². The number of rotatable bonds is 0. The molecule has 0 saturated heterocycles. The maximum Gasteiger partial charge on any atom is 0.306 e. The number of hydrogen-bond acceptors (Lipinski definition) is 1. The van der Waals surface area contributed by atoms with Gasteiger partial charge >= 0.3 is 5.65 Å². The Bertz CT molecular complexity index is 393. The van der Waals surface area contributed by atoms with Crippen molar-refractivity contribution < 1.29 is 4.52 Å². The second-order valence-electron chi connectivity index (χ2n) is 2.38. The van der Waals surface area contributed by atoms with Crippen molar-refractivity contribution in [3.8, 4) is 0 Å². The summed E-state index contributed by atoms with van der Waals surface area (Å²) in [5.74, 6) is 0. The van der Waals surface area contributed by atoms with Crippen LogP contribution < -0.4 is 4.52 Å². The first-order valence-corrected chi connectivity index (χ1v) is 3.69. The molecule has 0 aromatic carbocycles. The third-order valence-electron chi connectivity index (χ3n) is 1.61. The number of fused-ring (bicyclic) bond motifs is 1. The SMILES string of the molecule is Cn1cc[n+]2nc([S])ccc12. The molecule has 0 saturated carbocycles. The zero-order chi connectivity index (χ0) is 7.84. The lowest BCUT2D eigenvalue weighted by Crippen LogP contribution is -2.24. The van der Waals surface area contributed by atoms with Crippen molar-refractivity contribution in [1.29, 1.82) is 0 Å². The maximum absolute atomic E-state index is 4.91. The number of aromatic nitrogens is 3. The fourth-order valence-corrected chi connectivity index (χ4v) is 1.20. The molecule has 3 nitrogen and oxygen atoms in total. The highest BCUT2D eigenvalue weighted by molar-refractivity contribution is 7.80. The molecule has 0 atom stereocenters. The molecular formula is C7H7N3S+. The Kier molecular flexibility index (Phi) is 1.29. The second kappa shape index (κ2) is 2.17. The summed E-state index contributed by atoms with van der Waals surface area (Å²) in [6, 6.07) is 3.78. The van der Waals surface area contributed by atoms with Crippen LogP contribution in [0.4, 0.5) is 0 Å². The molecule has 11 heavy (non-hydrogen) atoms. The molecule has 0 aliphatic rings. The molecule has 0 aliphatic heterocycles. The van der Waals surface area contributed by atoms with E-state index in [0.717, 1.165) is 5.65 Å². The van der Waals surface area contributed by atoms with Crippen LogP contribution in [-0.2, 0) is 7.05 Å². The number of imidazole rings is 1. The van der Waals surface area contributed by atoms with Crippen LogP contribution in [-0.4, -0.2) is 9.67 Å². The Morgan fingerprint density at radius 3 is 3.18 bits per heavy atom. The Balaban J connectivity index is 2.86. The van der Waals surface area contributed by atoms with Gasteiger partial charge in [0.2, 0.25) is 0 Å². The Morgan fingerprint density at radius 1 is 1.55 bits per heavy atom. The Morgan fingerprint density at radius 2 is 2.36 bits per heavy atom. The summed E-state index contributed by atoms with van der Waals surface area (Å²) in [7, 11) is 1.97. The summed E-state index contributed by atoms with van der Waals surface area (Å²) in [6.07, 6.45) is 3.82. The standard InChI is InChI=1S/C7H7N3S/c1-9-4-5-10-7(9)3-2-6(11)8-10/h2-5H,1H3/q+1. The molecule has 2 heterocycles. The predicted molar refractivity (Wildman–Crippen MR) is 42.2 cm³/mol. The maximum atomic E-state index is 4.91. The fourth-order valence-electron chi connectivity index (χ4n) is 1.04. The first-order valence-electron chi connectivity index (χ1n) is 3.28. The highest BCUT2D eigenvalue weighted by atomic mass is 32.1. The molecule has 0 N–H and O–H groups in total. The zero-order valence-electron chi connectivity index (χ0n) is 6.06. The van der Waals surface area contributed by atoms with Crippen molar-refractivity contribution in [3.05, 3.63) is 24.5 Å². The summed E-state index contributed by atoms with van der Waals surface area (Å²) in [5.41, 5.74) is 1.04. The third kappa shape index (κ3) is 0.952. The topological polar surface area (TPSA) is 21.9 Å². The number of nitrogens with zero attached hydrogens (tertiary/aromatic N) is 3. The van der Waals surface area contributed by atoms with Gasteiger partial charge in [-0.05, 0) is 6.07 Å². The van der Waals surface area contributed by atoms with Crippen molar-refractivity contribution in [2.45, 2.75) is 5.03 Å². The molecule has 1 radical (unpaired) electrons. The second-order valence-corrected chi connectivity index (χ2v) is 2.80. The molecule has 0 amide bonds. The van der Waals surface area contributed by atoms with Crippen LogP contribution in [0.25, 0.3) is 5.65 Å². The van der Waals surface area contributed by atoms with Gasteiger partial charge in [-0.15, -0.1) is 0 Å². The van der Waals surface area contributed by atoms with Crippen LogP contribution in [0.15, 0.2) is 29.6 Å². The lowest BCUT2D eigenvalue weighted by molar-refractivity contribution is -0.583. The van der Waals surface area contributed by atoms with Crippen molar-refractivity contribution >= 4 is 18.3 Å². The van der Waals surface area contributed by atoms with Gasteiger partial charge in [-0.1, -0.05) is 22.2 Å². The summed E-state index contributed by atoms with van der Waals surface area (Å²) >= 11 is 4.91. The van der Waals surface area contributed by atoms with Crippen LogP contribution in [0.5, 0.6) is 0 Å². The van der Waals surface area contributed by atoms with Crippen LogP contribution >= 0.6 is 12.6 Å². The molecule has 0 fully saturated rings. The van der Waals surface area contributed by atoms with Gasteiger partial charge in [0.05, 0.1) is 7.05 Å². The minimum Gasteiger partial charge on any atom is -0.231 e. The molecule has 4 heteroatoms. The van der Waals surface area contributed by atoms with Gasteiger partial charge in [0, 0.05) is 6.07 Å². The van der Waals surface area contributed by atoms with Gasteiger partial charge in [0.1, 0.15) is 6.20 Å². The zero-order valence-corrected chi connectivity index (χ0v) is 6.88. The quantitative estimate of drug-likeness (QED) is 0.527. The summed E-state index contributed by atoms with van der Waals surface area (Å²) < 4.78 is 3.75. The lowest BCUT2D eigenvalue weighted by Gasteiger charge is -1.86. The Hall–Kier alpha value is -1.16. The molecule has 0 aliphatic carbocycles. The minimum absolute atomic E-state index is 0.619. The van der Waals surface area contributed by atoms with E-state index in [1.54, 1.807) is 4.52 Å². The van der Waals surface area contributed by atoms with E-state index in [1.807, 2.05) is 36.1 Å². The molecule has 0 unspecified atom stereocenters. The van der Waals surface area contributed by atoms with Crippen LogP contribution in [0.2, 0.25) is 0 Å². The molecule has 2 aromatic heterocycles. The normalized spacial score (nSPS) is 10.6. The van der Waals surface area contributed by atoms with Gasteiger partial charge < -0.3 is 0 Å².